The summed E-state index contributed by atoms with van der Waals surface area (Å²) in [6.07, 6.45) is 0. The zero-order valence-corrected chi connectivity index (χ0v) is 21.1. The summed E-state index contributed by atoms with van der Waals surface area (Å²) < 4.78 is 78.5. The van der Waals surface area contributed by atoms with Crippen LogP contribution in [0.3, 0.4) is 0 Å². The van der Waals surface area contributed by atoms with Gasteiger partial charge < -0.3 is 5.73 Å². The van der Waals surface area contributed by atoms with Crippen LogP contribution in [-0.2, 0) is 20.0 Å². The maximum atomic E-state index is 13.3. The van der Waals surface area contributed by atoms with E-state index in [2.05, 4.69) is 9.44 Å². The largest absolute Gasteiger partial charge is 0.396 e. The molecule has 0 bridgehead atoms. The molecule has 0 unspecified atom stereocenters. The van der Waals surface area contributed by atoms with Crippen molar-refractivity contribution in [1.82, 2.24) is 9.44 Å². The molecule has 0 fully saturated rings. The van der Waals surface area contributed by atoms with E-state index in [0.29, 0.717) is 6.07 Å². The van der Waals surface area contributed by atoms with E-state index >= 15 is 0 Å². The minimum atomic E-state index is -3.90. The summed E-state index contributed by atoms with van der Waals surface area (Å²) in [6.45, 7) is 10.0. The predicted octanol–water partition coefficient (Wildman–Crippen LogP) is 3.30. The van der Waals surface area contributed by atoms with Gasteiger partial charge in [-0.25, -0.2) is 30.7 Å². The molecule has 0 aromatic heterocycles. The maximum Gasteiger partial charge on any atom is 0.304 e. The van der Waals surface area contributed by atoms with Crippen molar-refractivity contribution in [2.24, 2.45) is 0 Å². The van der Waals surface area contributed by atoms with Crippen LogP contribution < -0.4 is 15.2 Å². The molecule has 190 valence electrons. The molecular weight excluding hydrogens is 494 g/mol. The number of halogens is 2. The van der Waals surface area contributed by atoms with Gasteiger partial charge in [-0.1, -0.05) is 0 Å². The summed E-state index contributed by atoms with van der Waals surface area (Å²) in [4.78, 5) is 9.02. The van der Waals surface area contributed by atoms with Gasteiger partial charge in [0.15, 0.2) is 0 Å². The smallest absolute Gasteiger partial charge is 0.304 e. The van der Waals surface area contributed by atoms with E-state index < -0.39 is 53.4 Å². The van der Waals surface area contributed by atoms with Crippen LogP contribution in [0.4, 0.5) is 20.2 Å². The van der Waals surface area contributed by atoms with Crippen molar-refractivity contribution in [3.63, 3.8) is 0 Å². The Bertz CT molecular complexity index is 1270. The summed E-state index contributed by atoms with van der Waals surface area (Å²) in [7, 11) is -7.60. The fourth-order valence-electron chi connectivity index (χ4n) is 2.40. The van der Waals surface area contributed by atoms with Crippen molar-refractivity contribution >= 4 is 31.4 Å². The molecule has 14 heteroatoms. The second-order valence-corrected chi connectivity index (χ2v) is 12.6. The number of nitrogens with one attached hydrogen (secondary N) is 2. The first kappa shape index (κ1) is 29.4. The number of nitrogen functional groups attached to an aromatic ring is 1. The number of rotatable bonds is 5. The van der Waals surface area contributed by atoms with Crippen molar-refractivity contribution in [2.45, 2.75) is 62.4 Å². The molecular formula is C20H28F2N4O6S2. The van der Waals surface area contributed by atoms with E-state index in [0.717, 1.165) is 18.2 Å². The van der Waals surface area contributed by atoms with Gasteiger partial charge in [-0.3, -0.25) is 10.1 Å². The zero-order valence-electron chi connectivity index (χ0n) is 19.5. The molecule has 34 heavy (non-hydrogen) atoms. The summed E-state index contributed by atoms with van der Waals surface area (Å²) in [6, 6.07) is 5.86. The first-order chi connectivity index (χ1) is 15.1. The lowest BCUT2D eigenvalue weighted by Gasteiger charge is -2.20. The number of nitro benzene ring substituents is 1. The molecule has 2 aromatic rings. The Balaban J connectivity index is 0.000000342. The van der Waals surface area contributed by atoms with Gasteiger partial charge >= 0.3 is 5.69 Å². The zero-order chi connectivity index (χ0) is 26.7. The molecule has 0 radical (unpaired) electrons. The molecule has 10 nitrogen and oxygen atoms in total. The van der Waals surface area contributed by atoms with E-state index in [-0.39, 0.29) is 15.5 Å². The Morgan fingerprint density at radius 1 is 0.794 bits per heavy atom. The summed E-state index contributed by atoms with van der Waals surface area (Å²) in [5.41, 5.74) is 3.10. The van der Waals surface area contributed by atoms with Gasteiger partial charge in [-0.2, -0.15) is 4.39 Å². The second-order valence-electron chi connectivity index (χ2n) is 9.26. The monoisotopic (exact) mass is 522 g/mol. The summed E-state index contributed by atoms with van der Waals surface area (Å²) >= 11 is 0. The van der Waals surface area contributed by atoms with Gasteiger partial charge in [-0.05, 0) is 65.8 Å². The number of hydrogen-bond donors (Lipinski definition) is 3. The molecule has 2 rings (SSSR count). The highest BCUT2D eigenvalue weighted by atomic mass is 32.2. The van der Waals surface area contributed by atoms with Gasteiger partial charge in [0.25, 0.3) is 0 Å². The number of anilines is 1. The Morgan fingerprint density at radius 3 is 1.50 bits per heavy atom. The first-order valence-electron chi connectivity index (χ1n) is 9.71. The highest BCUT2D eigenvalue weighted by Crippen LogP contribution is 2.22. The topological polar surface area (TPSA) is 162 Å². The van der Waals surface area contributed by atoms with Gasteiger partial charge in [0.1, 0.15) is 5.82 Å². The highest BCUT2D eigenvalue weighted by Gasteiger charge is 2.25. The number of nitrogens with zero attached hydrogens (tertiary/aromatic N) is 1. The molecule has 0 heterocycles. The molecule has 2 aromatic carbocycles. The normalized spacial score (nSPS) is 12.6. The fraction of sp³-hybridized carbons (Fsp3) is 0.400. The number of hydrogen-bond acceptors (Lipinski definition) is 7. The number of nitrogens with two attached hydrogens (primary N) is 1. The summed E-state index contributed by atoms with van der Waals surface area (Å²) in [5, 5.41) is 10.4. The van der Waals surface area contributed by atoms with Gasteiger partial charge in [-0.15, -0.1) is 0 Å². The van der Waals surface area contributed by atoms with E-state index in [1.807, 2.05) is 0 Å². The minimum Gasteiger partial charge on any atom is -0.396 e. The van der Waals surface area contributed by atoms with Crippen molar-refractivity contribution in [3.8, 4) is 0 Å². The third-order valence-corrected chi connectivity index (χ3v) is 7.10. The highest BCUT2D eigenvalue weighted by molar-refractivity contribution is 7.89. The lowest BCUT2D eigenvalue weighted by molar-refractivity contribution is -0.387. The van der Waals surface area contributed by atoms with Crippen molar-refractivity contribution in [3.05, 3.63) is 58.1 Å². The molecule has 0 aliphatic carbocycles. The third kappa shape index (κ3) is 8.93. The third-order valence-electron chi connectivity index (χ3n) is 3.59. The standard InChI is InChI=1S/C10H13FN2O4S.C10H15FN2O2S/c1-10(2,3)12-18(16,17)7-4-5-9(13(14)15)8(11)6-7;1-10(2,3)13-16(14,15)7-4-5-9(12)8(11)6-7/h4-6,12H,1-3H3;4-6,13H,12H2,1-3H3. The molecule has 0 aliphatic rings. The van der Waals surface area contributed by atoms with Crippen LogP contribution >= 0.6 is 0 Å². The van der Waals surface area contributed by atoms with E-state index in [1.165, 1.54) is 12.1 Å². The maximum absolute atomic E-state index is 13.3. The van der Waals surface area contributed by atoms with Crippen LogP contribution in [0.25, 0.3) is 0 Å². The van der Waals surface area contributed by atoms with E-state index in [9.17, 15) is 35.7 Å². The minimum absolute atomic E-state index is 0.0743. The van der Waals surface area contributed by atoms with Crippen molar-refractivity contribution in [2.75, 3.05) is 5.73 Å². The van der Waals surface area contributed by atoms with Gasteiger partial charge in [0, 0.05) is 23.2 Å². The average Bonchev–Trinajstić information content (AvgIpc) is 2.60. The lowest BCUT2D eigenvalue weighted by atomic mass is 10.1. The van der Waals surface area contributed by atoms with Crippen LogP contribution in [-0.4, -0.2) is 32.8 Å². The predicted molar refractivity (Wildman–Crippen MR) is 124 cm³/mol. The van der Waals surface area contributed by atoms with Crippen LogP contribution in [0.5, 0.6) is 0 Å². The average molecular weight is 523 g/mol. The molecule has 0 atom stereocenters. The van der Waals surface area contributed by atoms with Gasteiger partial charge in [0.05, 0.1) is 20.4 Å². The first-order valence-corrected chi connectivity index (χ1v) is 12.7. The molecule has 0 aliphatic heterocycles. The molecule has 0 saturated heterocycles. The molecule has 4 N–H and O–H groups in total. The van der Waals surface area contributed by atoms with Crippen molar-refractivity contribution < 1.29 is 30.5 Å². The van der Waals surface area contributed by atoms with E-state index in [4.69, 9.17) is 5.73 Å². The van der Waals surface area contributed by atoms with Crippen LogP contribution in [0.15, 0.2) is 46.2 Å². The van der Waals surface area contributed by atoms with Crippen LogP contribution in [0.2, 0.25) is 0 Å². The Hall–Kier alpha value is -2.68. The van der Waals surface area contributed by atoms with Gasteiger partial charge in [0.2, 0.25) is 25.9 Å². The Morgan fingerprint density at radius 2 is 1.18 bits per heavy atom. The molecule has 0 saturated carbocycles. The number of nitro groups is 1. The van der Waals surface area contributed by atoms with Crippen molar-refractivity contribution in [1.29, 1.82) is 0 Å². The Kier molecular flexibility index (Phi) is 8.89. The second kappa shape index (κ2) is 10.3. The van der Waals surface area contributed by atoms with E-state index in [1.54, 1.807) is 41.5 Å². The summed E-state index contributed by atoms with van der Waals surface area (Å²) in [5.74, 6) is -1.92. The number of benzene rings is 2. The van der Waals surface area contributed by atoms with Crippen LogP contribution in [0, 0.1) is 21.7 Å². The quantitative estimate of drug-likeness (QED) is 0.308. The lowest BCUT2D eigenvalue weighted by Crippen LogP contribution is -2.40. The molecule has 0 amide bonds. The SMILES string of the molecule is CC(C)(C)NS(=O)(=O)c1ccc(N)c(F)c1.CC(C)(C)NS(=O)(=O)c1ccc([N+](=O)[O-])c(F)c1. The molecule has 0 spiro atoms. The van der Waals surface area contributed by atoms with Crippen LogP contribution in [0.1, 0.15) is 41.5 Å². The Labute approximate surface area is 197 Å². The number of sulfonamides is 2. The fourth-order valence-corrected chi connectivity index (χ4v) is 5.26.